The first-order valence-electron chi connectivity index (χ1n) is 8.02. The van der Waals surface area contributed by atoms with E-state index in [4.69, 9.17) is 9.47 Å². The summed E-state index contributed by atoms with van der Waals surface area (Å²) in [6.45, 7) is 0.822. The minimum Gasteiger partial charge on any atom is -0.486 e. The predicted octanol–water partition coefficient (Wildman–Crippen LogP) is 3.74. The van der Waals surface area contributed by atoms with E-state index in [1.54, 1.807) is 35.7 Å². The maximum Gasteiger partial charge on any atom is 0.270 e. The third-order valence-electron chi connectivity index (χ3n) is 3.89. The van der Waals surface area contributed by atoms with Gasteiger partial charge in [-0.05, 0) is 12.1 Å². The lowest BCUT2D eigenvalue weighted by atomic mass is 10.1. The molecule has 1 amide bonds. The Hall–Kier alpha value is -3.46. The Kier molecular flexibility index (Phi) is 4.43. The first-order chi connectivity index (χ1) is 13.1. The number of aromatic nitrogens is 1. The van der Waals surface area contributed by atoms with Crippen LogP contribution in [0.25, 0.3) is 11.3 Å². The molecule has 2 heterocycles. The predicted molar refractivity (Wildman–Crippen MR) is 99.6 cm³/mol. The SMILES string of the molecule is O=C(Nc1nc(-c2cccc([N+](=O)[O-])c2)cs1)c1cccc2c1OCCO2. The Morgan fingerprint density at radius 3 is 2.85 bits per heavy atom. The molecule has 1 N–H and O–H groups in total. The molecule has 0 aliphatic carbocycles. The molecule has 3 aromatic rings. The van der Waals surface area contributed by atoms with Crippen LogP contribution in [0, 0.1) is 10.1 Å². The first-order valence-corrected chi connectivity index (χ1v) is 8.90. The van der Waals surface area contributed by atoms with Crippen molar-refractivity contribution in [1.82, 2.24) is 4.98 Å². The number of ether oxygens (including phenoxy) is 2. The van der Waals surface area contributed by atoms with Crippen LogP contribution in [0.1, 0.15) is 10.4 Å². The van der Waals surface area contributed by atoms with Gasteiger partial charge in [0.25, 0.3) is 11.6 Å². The number of nitrogens with zero attached hydrogens (tertiary/aromatic N) is 2. The van der Waals surface area contributed by atoms with Crippen molar-refractivity contribution in [3.63, 3.8) is 0 Å². The molecule has 1 aromatic heterocycles. The number of fused-ring (bicyclic) bond motifs is 1. The third-order valence-corrected chi connectivity index (χ3v) is 4.65. The molecule has 1 aliphatic heterocycles. The van der Waals surface area contributed by atoms with Gasteiger partial charge < -0.3 is 9.47 Å². The molecule has 1 aliphatic rings. The average molecular weight is 383 g/mol. The van der Waals surface area contributed by atoms with Crippen molar-refractivity contribution in [3.05, 3.63) is 63.5 Å². The number of anilines is 1. The van der Waals surface area contributed by atoms with Crippen molar-refractivity contribution < 1.29 is 19.2 Å². The molecule has 0 fully saturated rings. The minimum atomic E-state index is -0.459. The second-order valence-electron chi connectivity index (χ2n) is 5.63. The highest BCUT2D eigenvalue weighted by molar-refractivity contribution is 7.14. The Morgan fingerprint density at radius 1 is 1.19 bits per heavy atom. The maximum absolute atomic E-state index is 12.6. The molecule has 0 radical (unpaired) electrons. The van der Waals surface area contributed by atoms with Crippen LogP contribution >= 0.6 is 11.3 Å². The second-order valence-corrected chi connectivity index (χ2v) is 6.49. The number of amides is 1. The summed E-state index contributed by atoms with van der Waals surface area (Å²) < 4.78 is 11.0. The van der Waals surface area contributed by atoms with Crippen LogP contribution < -0.4 is 14.8 Å². The minimum absolute atomic E-state index is 0.0147. The van der Waals surface area contributed by atoms with Gasteiger partial charge in [0.05, 0.1) is 16.2 Å². The van der Waals surface area contributed by atoms with Crippen LogP contribution in [-0.4, -0.2) is 29.0 Å². The van der Waals surface area contributed by atoms with E-state index in [-0.39, 0.29) is 11.6 Å². The van der Waals surface area contributed by atoms with Crippen molar-refractivity contribution in [2.24, 2.45) is 0 Å². The average Bonchev–Trinajstić information content (AvgIpc) is 3.16. The van der Waals surface area contributed by atoms with Gasteiger partial charge in [0.15, 0.2) is 16.6 Å². The summed E-state index contributed by atoms with van der Waals surface area (Å²) in [5, 5.41) is 15.8. The lowest BCUT2D eigenvalue weighted by Gasteiger charge is -2.20. The number of hydrogen-bond acceptors (Lipinski definition) is 7. The van der Waals surface area contributed by atoms with Crippen LogP contribution in [-0.2, 0) is 0 Å². The Bertz CT molecular complexity index is 1030. The molecule has 9 heteroatoms. The standard InChI is InChI=1S/C18H13N3O5S/c22-17(13-5-2-6-15-16(13)26-8-7-25-15)20-18-19-14(10-27-18)11-3-1-4-12(9-11)21(23)24/h1-6,9-10H,7-8H2,(H,19,20,22). The van der Waals surface area contributed by atoms with Crippen LogP contribution in [0.2, 0.25) is 0 Å². The van der Waals surface area contributed by atoms with Crippen molar-refractivity contribution in [1.29, 1.82) is 0 Å². The molecule has 8 nitrogen and oxygen atoms in total. The van der Waals surface area contributed by atoms with Gasteiger partial charge in [-0.15, -0.1) is 11.3 Å². The van der Waals surface area contributed by atoms with Crippen molar-refractivity contribution in [3.8, 4) is 22.8 Å². The molecule has 27 heavy (non-hydrogen) atoms. The lowest BCUT2D eigenvalue weighted by Crippen LogP contribution is -2.20. The molecule has 0 bridgehead atoms. The van der Waals surface area contributed by atoms with E-state index < -0.39 is 4.92 Å². The molecule has 0 saturated carbocycles. The topological polar surface area (TPSA) is 104 Å². The fraction of sp³-hybridized carbons (Fsp3) is 0.111. The molecule has 0 spiro atoms. The number of carbonyl (C=O) groups excluding carboxylic acids is 1. The van der Waals surface area contributed by atoms with E-state index in [9.17, 15) is 14.9 Å². The molecule has 2 aromatic carbocycles. The Morgan fingerprint density at radius 2 is 2.00 bits per heavy atom. The maximum atomic E-state index is 12.6. The molecule has 0 atom stereocenters. The van der Waals surface area contributed by atoms with E-state index in [2.05, 4.69) is 10.3 Å². The zero-order chi connectivity index (χ0) is 18.8. The second kappa shape index (κ2) is 7.04. The lowest BCUT2D eigenvalue weighted by molar-refractivity contribution is -0.384. The summed E-state index contributed by atoms with van der Waals surface area (Å²) in [6, 6.07) is 11.3. The van der Waals surface area contributed by atoms with E-state index in [0.29, 0.717) is 46.7 Å². The number of rotatable bonds is 4. The number of nitro groups is 1. The summed E-state index contributed by atoms with van der Waals surface area (Å²) in [5.74, 6) is 0.583. The smallest absolute Gasteiger partial charge is 0.270 e. The van der Waals surface area contributed by atoms with Crippen LogP contribution in [0.4, 0.5) is 10.8 Å². The number of para-hydroxylation sites is 1. The van der Waals surface area contributed by atoms with Gasteiger partial charge in [-0.1, -0.05) is 18.2 Å². The van der Waals surface area contributed by atoms with Crippen molar-refractivity contribution >= 4 is 28.1 Å². The molecule has 0 unspecified atom stereocenters. The normalized spacial score (nSPS) is 12.4. The summed E-state index contributed by atoms with van der Waals surface area (Å²) >= 11 is 1.23. The number of carbonyl (C=O) groups is 1. The number of thiazole rings is 1. The van der Waals surface area contributed by atoms with E-state index in [1.165, 1.54) is 23.5 Å². The molecule has 136 valence electrons. The van der Waals surface area contributed by atoms with E-state index in [1.807, 2.05) is 0 Å². The van der Waals surface area contributed by atoms with Gasteiger partial charge >= 0.3 is 0 Å². The Labute approximate surface area is 157 Å². The van der Waals surface area contributed by atoms with E-state index in [0.717, 1.165) is 0 Å². The van der Waals surface area contributed by atoms with Crippen molar-refractivity contribution in [2.75, 3.05) is 18.5 Å². The zero-order valence-corrected chi connectivity index (χ0v) is 14.7. The van der Waals surface area contributed by atoms with Crippen molar-refractivity contribution in [2.45, 2.75) is 0 Å². The highest BCUT2D eigenvalue weighted by Gasteiger charge is 2.21. The quantitative estimate of drug-likeness (QED) is 0.544. The van der Waals surface area contributed by atoms with Gasteiger partial charge in [0.1, 0.15) is 13.2 Å². The number of benzene rings is 2. The number of nitro benzene ring substituents is 1. The number of non-ortho nitro benzene ring substituents is 1. The summed E-state index contributed by atoms with van der Waals surface area (Å²) in [6.07, 6.45) is 0. The number of hydrogen-bond donors (Lipinski definition) is 1. The fourth-order valence-corrected chi connectivity index (χ4v) is 3.37. The Balaban J connectivity index is 1.56. The zero-order valence-electron chi connectivity index (χ0n) is 13.9. The van der Waals surface area contributed by atoms with Gasteiger partial charge in [-0.25, -0.2) is 4.98 Å². The first kappa shape index (κ1) is 17.0. The van der Waals surface area contributed by atoms with Gasteiger partial charge in [0, 0.05) is 23.1 Å². The van der Waals surface area contributed by atoms with Gasteiger partial charge in [-0.2, -0.15) is 0 Å². The number of nitrogens with one attached hydrogen (secondary N) is 1. The monoisotopic (exact) mass is 383 g/mol. The largest absolute Gasteiger partial charge is 0.486 e. The fourth-order valence-electron chi connectivity index (χ4n) is 2.66. The van der Waals surface area contributed by atoms with Gasteiger partial charge in [0.2, 0.25) is 0 Å². The van der Waals surface area contributed by atoms with Gasteiger partial charge in [-0.3, -0.25) is 20.2 Å². The van der Waals surface area contributed by atoms with E-state index >= 15 is 0 Å². The van der Waals surface area contributed by atoms with Crippen LogP contribution in [0.5, 0.6) is 11.5 Å². The third kappa shape index (κ3) is 3.44. The molecular weight excluding hydrogens is 370 g/mol. The highest BCUT2D eigenvalue weighted by atomic mass is 32.1. The summed E-state index contributed by atoms with van der Waals surface area (Å²) in [7, 11) is 0. The van der Waals surface area contributed by atoms with Crippen LogP contribution in [0.15, 0.2) is 47.8 Å². The molecule has 0 saturated heterocycles. The molecular formula is C18H13N3O5S. The molecule has 4 rings (SSSR count). The van der Waals surface area contributed by atoms with Crippen LogP contribution in [0.3, 0.4) is 0 Å². The highest BCUT2D eigenvalue weighted by Crippen LogP contribution is 2.34. The summed E-state index contributed by atoms with van der Waals surface area (Å²) in [4.78, 5) is 27.4. The summed E-state index contributed by atoms with van der Waals surface area (Å²) in [5.41, 5.74) is 1.50.